The van der Waals surface area contributed by atoms with E-state index in [-0.39, 0.29) is 4.90 Å². The highest BCUT2D eigenvalue weighted by molar-refractivity contribution is 7.89. The summed E-state index contributed by atoms with van der Waals surface area (Å²) in [5.41, 5.74) is 2.53. The molecule has 1 aromatic carbocycles. The normalized spacial score (nSPS) is 11.9. The summed E-state index contributed by atoms with van der Waals surface area (Å²) in [6.07, 6.45) is 1.47. The first kappa shape index (κ1) is 14.3. The number of hydrogen-bond donors (Lipinski definition) is 1. The van der Waals surface area contributed by atoms with Crippen LogP contribution in [0.15, 0.2) is 40.3 Å². The Morgan fingerprint density at radius 1 is 1.25 bits per heavy atom. The molecular formula is C13H16N4O2S. The third kappa shape index (κ3) is 2.88. The van der Waals surface area contributed by atoms with E-state index in [1.165, 1.54) is 18.3 Å². The Bertz CT molecular complexity index is 733. The number of aromatic nitrogens is 2. The van der Waals surface area contributed by atoms with E-state index < -0.39 is 10.0 Å². The fraction of sp³-hybridized carbons (Fsp3) is 0.231. The summed E-state index contributed by atoms with van der Waals surface area (Å²) in [5.74, 6) is 0. The van der Waals surface area contributed by atoms with Gasteiger partial charge in [-0.05, 0) is 26.0 Å². The lowest BCUT2D eigenvalue weighted by Crippen LogP contribution is -2.18. The molecule has 0 saturated carbocycles. The smallest absolute Gasteiger partial charge is 0.272 e. The van der Waals surface area contributed by atoms with Gasteiger partial charge in [-0.1, -0.05) is 18.2 Å². The zero-order chi connectivity index (χ0) is 14.8. The van der Waals surface area contributed by atoms with Crippen LogP contribution in [0, 0.1) is 13.8 Å². The van der Waals surface area contributed by atoms with Crippen molar-refractivity contribution < 1.29 is 8.42 Å². The van der Waals surface area contributed by atoms with E-state index in [0.29, 0.717) is 0 Å². The molecule has 0 radical (unpaired) electrons. The van der Waals surface area contributed by atoms with Crippen molar-refractivity contribution in [1.29, 1.82) is 0 Å². The summed E-state index contributed by atoms with van der Waals surface area (Å²) < 4.78 is 25.6. The van der Waals surface area contributed by atoms with E-state index in [9.17, 15) is 8.42 Å². The maximum atomic E-state index is 12.0. The molecule has 6 nitrogen and oxygen atoms in total. The van der Waals surface area contributed by atoms with Crippen LogP contribution in [-0.4, -0.2) is 24.4 Å². The minimum atomic E-state index is -3.62. The largest absolute Gasteiger partial charge is 0.276 e. The highest BCUT2D eigenvalue weighted by Gasteiger charge is 2.12. The first-order valence-corrected chi connectivity index (χ1v) is 7.50. The van der Waals surface area contributed by atoms with Crippen molar-refractivity contribution in [3.05, 3.63) is 47.3 Å². The number of nitrogens with one attached hydrogen (secondary N) is 1. The minimum Gasteiger partial charge on any atom is -0.272 e. The lowest BCUT2D eigenvalue weighted by atomic mass is 10.2. The second kappa shape index (κ2) is 5.46. The van der Waals surface area contributed by atoms with Crippen molar-refractivity contribution in [2.45, 2.75) is 18.7 Å². The van der Waals surface area contributed by atoms with Crippen LogP contribution in [0.25, 0.3) is 0 Å². The first-order valence-electron chi connectivity index (χ1n) is 6.02. The number of rotatable bonds is 4. The molecule has 0 aliphatic carbocycles. The van der Waals surface area contributed by atoms with Crippen LogP contribution in [0.5, 0.6) is 0 Å². The van der Waals surface area contributed by atoms with Gasteiger partial charge in [-0.3, -0.25) is 4.68 Å². The molecule has 20 heavy (non-hydrogen) atoms. The summed E-state index contributed by atoms with van der Waals surface area (Å²) in [6.45, 7) is 3.74. The minimum absolute atomic E-state index is 0.178. The van der Waals surface area contributed by atoms with Crippen molar-refractivity contribution in [1.82, 2.24) is 14.6 Å². The highest BCUT2D eigenvalue weighted by atomic mass is 32.2. The molecule has 0 saturated heterocycles. The number of hydrogen-bond acceptors (Lipinski definition) is 4. The molecule has 0 bridgehead atoms. The molecule has 0 unspecified atom stereocenters. The van der Waals surface area contributed by atoms with Crippen LogP contribution in [0.2, 0.25) is 0 Å². The first-order chi connectivity index (χ1) is 9.42. The van der Waals surface area contributed by atoms with Gasteiger partial charge in [0.15, 0.2) is 0 Å². The molecule has 7 heteroatoms. The van der Waals surface area contributed by atoms with E-state index in [1.54, 1.807) is 22.9 Å². The van der Waals surface area contributed by atoms with E-state index in [4.69, 9.17) is 0 Å². The van der Waals surface area contributed by atoms with Crippen LogP contribution in [-0.2, 0) is 17.1 Å². The van der Waals surface area contributed by atoms with Crippen molar-refractivity contribution in [2.24, 2.45) is 12.1 Å². The molecule has 0 fully saturated rings. The second-order valence-electron chi connectivity index (χ2n) is 4.37. The van der Waals surface area contributed by atoms with Gasteiger partial charge >= 0.3 is 0 Å². The van der Waals surface area contributed by atoms with Crippen LogP contribution in [0.3, 0.4) is 0 Å². The molecule has 1 N–H and O–H groups in total. The Hall–Kier alpha value is -2.15. The fourth-order valence-corrected chi connectivity index (χ4v) is 2.60. The summed E-state index contributed by atoms with van der Waals surface area (Å²) in [4.78, 5) is 2.37. The van der Waals surface area contributed by atoms with Gasteiger partial charge in [0.2, 0.25) is 0 Å². The van der Waals surface area contributed by atoms with Gasteiger partial charge in [0, 0.05) is 18.3 Å². The third-order valence-corrected chi connectivity index (χ3v) is 4.22. The molecule has 0 amide bonds. The van der Waals surface area contributed by atoms with Crippen LogP contribution in [0.1, 0.15) is 17.0 Å². The molecule has 0 aliphatic rings. The van der Waals surface area contributed by atoms with Gasteiger partial charge in [-0.15, -0.1) is 0 Å². The molecule has 0 aliphatic heterocycles. The zero-order valence-electron chi connectivity index (χ0n) is 11.5. The van der Waals surface area contributed by atoms with Gasteiger partial charge in [0.25, 0.3) is 10.0 Å². The third-order valence-electron chi connectivity index (χ3n) is 2.99. The van der Waals surface area contributed by atoms with Crippen LogP contribution < -0.4 is 4.83 Å². The van der Waals surface area contributed by atoms with Gasteiger partial charge in [0.1, 0.15) is 0 Å². The van der Waals surface area contributed by atoms with E-state index in [2.05, 4.69) is 15.0 Å². The van der Waals surface area contributed by atoms with Crippen LogP contribution in [0.4, 0.5) is 0 Å². The Morgan fingerprint density at radius 3 is 2.45 bits per heavy atom. The van der Waals surface area contributed by atoms with E-state index in [1.807, 2.05) is 20.9 Å². The van der Waals surface area contributed by atoms with Crippen molar-refractivity contribution >= 4 is 16.2 Å². The maximum Gasteiger partial charge on any atom is 0.276 e. The molecule has 0 atom stereocenters. The molecular weight excluding hydrogens is 276 g/mol. The average molecular weight is 292 g/mol. The average Bonchev–Trinajstić information content (AvgIpc) is 2.66. The fourth-order valence-electron chi connectivity index (χ4n) is 1.79. The van der Waals surface area contributed by atoms with Crippen molar-refractivity contribution in [3.63, 3.8) is 0 Å². The van der Waals surface area contributed by atoms with Gasteiger partial charge in [0.05, 0.1) is 16.8 Å². The Balaban J connectivity index is 2.18. The molecule has 2 aromatic rings. The Kier molecular flexibility index (Phi) is 3.89. The Labute approximate surface area is 118 Å². The molecule has 0 spiro atoms. The number of sulfonamides is 1. The predicted octanol–water partition coefficient (Wildman–Crippen LogP) is 1.35. The maximum absolute atomic E-state index is 12.0. The van der Waals surface area contributed by atoms with Gasteiger partial charge in [-0.2, -0.15) is 18.6 Å². The molecule has 106 valence electrons. The zero-order valence-corrected chi connectivity index (χ0v) is 12.3. The lowest BCUT2D eigenvalue weighted by Gasteiger charge is -2.02. The van der Waals surface area contributed by atoms with E-state index in [0.717, 1.165) is 17.0 Å². The van der Waals surface area contributed by atoms with Crippen molar-refractivity contribution in [2.75, 3.05) is 0 Å². The summed E-state index contributed by atoms with van der Waals surface area (Å²) in [7, 11) is -1.80. The number of benzene rings is 1. The standard InChI is InChI=1S/C13H16N4O2S/c1-10-13(11(2)17(3)15-10)9-14-16-20(18,19)12-7-5-4-6-8-12/h4-9,16H,1-3H3/b14-9-. The lowest BCUT2D eigenvalue weighted by molar-refractivity contribution is 0.584. The Morgan fingerprint density at radius 2 is 1.90 bits per heavy atom. The van der Waals surface area contributed by atoms with Gasteiger partial charge < -0.3 is 0 Å². The topological polar surface area (TPSA) is 76.3 Å². The van der Waals surface area contributed by atoms with Crippen molar-refractivity contribution in [3.8, 4) is 0 Å². The molecule has 2 rings (SSSR count). The predicted molar refractivity (Wildman–Crippen MR) is 77.0 cm³/mol. The second-order valence-corrected chi connectivity index (χ2v) is 6.03. The summed E-state index contributed by atoms with van der Waals surface area (Å²) in [6, 6.07) is 8.10. The summed E-state index contributed by atoms with van der Waals surface area (Å²) >= 11 is 0. The highest BCUT2D eigenvalue weighted by Crippen LogP contribution is 2.09. The quantitative estimate of drug-likeness (QED) is 0.682. The molecule has 1 aromatic heterocycles. The summed E-state index contributed by atoms with van der Waals surface area (Å²) in [5, 5.41) is 8.04. The van der Waals surface area contributed by atoms with Gasteiger partial charge in [-0.25, -0.2) is 4.83 Å². The molecule has 1 heterocycles. The van der Waals surface area contributed by atoms with Crippen LogP contribution >= 0.6 is 0 Å². The number of nitrogens with zero attached hydrogens (tertiary/aromatic N) is 3. The van der Waals surface area contributed by atoms with E-state index >= 15 is 0 Å². The monoisotopic (exact) mass is 292 g/mol. The number of aryl methyl sites for hydroxylation is 2. The SMILES string of the molecule is Cc1nn(C)c(C)c1/C=N\NS(=O)(=O)c1ccccc1. The number of hydrazone groups is 1.